The lowest BCUT2D eigenvalue weighted by molar-refractivity contribution is -0.137. The van der Waals surface area contributed by atoms with Gasteiger partial charge < -0.3 is 14.5 Å². The van der Waals surface area contributed by atoms with Crippen molar-refractivity contribution in [1.29, 1.82) is 5.26 Å². The lowest BCUT2D eigenvalue weighted by atomic mass is 10.1. The van der Waals surface area contributed by atoms with Crippen molar-refractivity contribution in [1.82, 2.24) is 0 Å². The zero-order chi connectivity index (χ0) is 23.3. The summed E-state index contributed by atoms with van der Waals surface area (Å²) >= 11 is 6.03. The number of furan rings is 1. The van der Waals surface area contributed by atoms with Crippen molar-refractivity contribution in [3.63, 3.8) is 0 Å². The Morgan fingerprint density at radius 1 is 1.19 bits per heavy atom. The van der Waals surface area contributed by atoms with E-state index < -0.39 is 17.6 Å². The predicted octanol–water partition coefficient (Wildman–Crippen LogP) is 6.56. The highest BCUT2D eigenvalue weighted by Gasteiger charge is 2.31. The molecule has 1 heterocycles. The first-order valence-corrected chi connectivity index (χ1v) is 9.72. The molecule has 1 amide bonds. The number of ether oxygens (including phenoxy) is 1. The second-order valence-corrected chi connectivity index (χ2v) is 6.88. The first-order valence-electron chi connectivity index (χ1n) is 9.34. The van der Waals surface area contributed by atoms with E-state index in [0.29, 0.717) is 18.0 Å². The van der Waals surface area contributed by atoms with E-state index in [9.17, 15) is 23.2 Å². The van der Waals surface area contributed by atoms with Gasteiger partial charge >= 0.3 is 6.18 Å². The molecule has 164 valence electrons. The number of halogens is 4. The van der Waals surface area contributed by atoms with Gasteiger partial charge in [0, 0.05) is 17.3 Å². The van der Waals surface area contributed by atoms with Gasteiger partial charge in [-0.15, -0.1) is 0 Å². The van der Waals surface area contributed by atoms with Gasteiger partial charge in [-0.25, -0.2) is 0 Å². The van der Waals surface area contributed by atoms with Crippen molar-refractivity contribution < 1.29 is 27.1 Å². The Morgan fingerprint density at radius 3 is 2.53 bits per heavy atom. The summed E-state index contributed by atoms with van der Waals surface area (Å²) in [6, 6.07) is 14.1. The summed E-state index contributed by atoms with van der Waals surface area (Å²) in [4.78, 5) is 12.4. The minimum atomic E-state index is -4.54. The lowest BCUT2D eigenvalue weighted by Gasteiger charge is -2.09. The maximum Gasteiger partial charge on any atom is 0.416 e. The van der Waals surface area contributed by atoms with Crippen molar-refractivity contribution in [3.05, 3.63) is 76.5 Å². The molecule has 0 saturated heterocycles. The molecule has 0 saturated carbocycles. The first kappa shape index (κ1) is 23.0. The summed E-state index contributed by atoms with van der Waals surface area (Å²) in [6.07, 6.45) is -3.35. The molecule has 3 aromatic rings. The van der Waals surface area contributed by atoms with Crippen LogP contribution < -0.4 is 10.1 Å². The third kappa shape index (κ3) is 5.50. The maximum atomic E-state index is 13.0. The van der Waals surface area contributed by atoms with E-state index in [1.807, 2.05) is 6.92 Å². The van der Waals surface area contributed by atoms with Gasteiger partial charge in [-0.3, -0.25) is 4.79 Å². The SMILES string of the molecule is CCOc1ccc(NC(=O)C(C#N)=Cc2ccc(-c3cc(C(F)(F)F)ccc3Cl)o2)cc1. The normalized spacial score (nSPS) is 11.7. The van der Waals surface area contributed by atoms with Gasteiger partial charge in [0.05, 0.1) is 17.2 Å². The monoisotopic (exact) mass is 460 g/mol. The minimum absolute atomic E-state index is 0.0403. The second kappa shape index (κ2) is 9.62. The summed E-state index contributed by atoms with van der Waals surface area (Å²) in [7, 11) is 0. The van der Waals surface area contributed by atoms with Crippen LogP contribution in [0.4, 0.5) is 18.9 Å². The van der Waals surface area contributed by atoms with E-state index in [2.05, 4.69) is 5.32 Å². The van der Waals surface area contributed by atoms with E-state index in [1.165, 1.54) is 18.2 Å². The number of benzene rings is 2. The average molecular weight is 461 g/mol. The topological polar surface area (TPSA) is 75.3 Å². The third-order valence-corrected chi connectivity index (χ3v) is 4.59. The fourth-order valence-corrected chi connectivity index (χ4v) is 2.97. The standard InChI is InChI=1S/C23H16ClF3N2O3/c1-2-31-17-6-4-16(5-7-17)29-22(30)14(13-28)11-18-8-10-21(32-18)19-12-15(23(25,26)27)3-9-20(19)24/h3-12H,2H2,1H3,(H,29,30). The molecule has 9 heteroatoms. The number of nitrogens with zero attached hydrogens (tertiary/aromatic N) is 1. The fourth-order valence-electron chi connectivity index (χ4n) is 2.76. The lowest BCUT2D eigenvalue weighted by Crippen LogP contribution is -2.13. The highest BCUT2D eigenvalue weighted by Crippen LogP contribution is 2.36. The average Bonchev–Trinajstić information content (AvgIpc) is 3.21. The van der Waals surface area contributed by atoms with Crippen molar-refractivity contribution in [2.24, 2.45) is 0 Å². The van der Waals surface area contributed by atoms with Gasteiger partial charge in [0.25, 0.3) is 5.91 Å². The molecular weight excluding hydrogens is 445 g/mol. The Kier molecular flexibility index (Phi) is 6.91. The number of carbonyl (C=O) groups is 1. The molecule has 1 aromatic heterocycles. The Morgan fingerprint density at radius 2 is 1.91 bits per heavy atom. The quantitative estimate of drug-likeness (QED) is 0.334. The molecule has 2 aromatic carbocycles. The molecule has 0 fully saturated rings. The van der Waals surface area contributed by atoms with Crippen LogP contribution in [-0.2, 0) is 11.0 Å². The molecule has 0 bridgehead atoms. The predicted molar refractivity (Wildman–Crippen MR) is 114 cm³/mol. The smallest absolute Gasteiger partial charge is 0.416 e. The van der Waals surface area contributed by atoms with Crippen LogP contribution in [0.2, 0.25) is 5.02 Å². The molecule has 0 atom stereocenters. The van der Waals surface area contributed by atoms with Gasteiger partial charge in [0.15, 0.2) is 0 Å². The van der Waals surface area contributed by atoms with E-state index in [0.717, 1.165) is 18.2 Å². The van der Waals surface area contributed by atoms with Crippen molar-refractivity contribution in [2.45, 2.75) is 13.1 Å². The van der Waals surface area contributed by atoms with Crippen LogP contribution in [0.25, 0.3) is 17.4 Å². The van der Waals surface area contributed by atoms with E-state index >= 15 is 0 Å². The number of anilines is 1. The van der Waals surface area contributed by atoms with Gasteiger partial charge in [0.1, 0.15) is 28.9 Å². The summed E-state index contributed by atoms with van der Waals surface area (Å²) in [5.41, 5.74) is -0.637. The Bertz CT molecular complexity index is 1190. The number of nitriles is 1. The fraction of sp³-hybridized carbons (Fsp3) is 0.130. The van der Waals surface area contributed by atoms with Crippen LogP contribution >= 0.6 is 11.6 Å². The molecule has 0 unspecified atom stereocenters. The van der Waals surface area contributed by atoms with Gasteiger partial charge in [-0.2, -0.15) is 18.4 Å². The largest absolute Gasteiger partial charge is 0.494 e. The number of amides is 1. The number of hydrogen-bond donors (Lipinski definition) is 1. The van der Waals surface area contributed by atoms with E-state index in [-0.39, 0.29) is 27.7 Å². The molecule has 5 nitrogen and oxygen atoms in total. The zero-order valence-corrected chi connectivity index (χ0v) is 17.4. The molecule has 0 aliphatic heterocycles. The van der Waals surface area contributed by atoms with Crippen LogP contribution in [0, 0.1) is 11.3 Å². The molecule has 3 rings (SSSR count). The highest BCUT2D eigenvalue weighted by molar-refractivity contribution is 6.33. The number of rotatable bonds is 6. The number of nitrogens with one attached hydrogen (secondary N) is 1. The maximum absolute atomic E-state index is 13.0. The zero-order valence-electron chi connectivity index (χ0n) is 16.7. The number of hydrogen-bond acceptors (Lipinski definition) is 4. The van der Waals surface area contributed by atoms with E-state index in [4.69, 9.17) is 20.8 Å². The second-order valence-electron chi connectivity index (χ2n) is 6.48. The van der Waals surface area contributed by atoms with E-state index in [1.54, 1.807) is 30.3 Å². The van der Waals surface area contributed by atoms with Gasteiger partial charge in [0.2, 0.25) is 0 Å². The molecule has 0 aliphatic rings. The molecule has 1 N–H and O–H groups in total. The summed E-state index contributed by atoms with van der Waals surface area (Å²) in [5.74, 6) is 0.132. The van der Waals surface area contributed by atoms with Gasteiger partial charge in [-0.05, 0) is 61.5 Å². The number of alkyl halides is 3. The first-order chi connectivity index (χ1) is 15.2. The molecule has 0 radical (unpaired) electrons. The summed E-state index contributed by atoms with van der Waals surface area (Å²) < 4.78 is 49.8. The van der Waals surface area contributed by atoms with Crippen LogP contribution in [0.1, 0.15) is 18.2 Å². The summed E-state index contributed by atoms with van der Waals surface area (Å²) in [6.45, 7) is 2.35. The number of carbonyl (C=O) groups excluding carboxylic acids is 1. The van der Waals surface area contributed by atoms with Crippen LogP contribution in [0.15, 0.2) is 64.6 Å². The third-order valence-electron chi connectivity index (χ3n) is 4.26. The Hall–Kier alpha value is -3.70. The Labute approximate surface area is 186 Å². The molecular formula is C23H16ClF3N2O3. The van der Waals surface area contributed by atoms with Crippen LogP contribution in [0.5, 0.6) is 5.75 Å². The van der Waals surface area contributed by atoms with Crippen molar-refractivity contribution >= 4 is 29.3 Å². The highest BCUT2D eigenvalue weighted by atomic mass is 35.5. The molecule has 0 aliphatic carbocycles. The van der Waals surface area contributed by atoms with Gasteiger partial charge in [-0.1, -0.05) is 11.6 Å². The van der Waals surface area contributed by atoms with Crippen molar-refractivity contribution in [2.75, 3.05) is 11.9 Å². The Balaban J connectivity index is 1.81. The molecule has 32 heavy (non-hydrogen) atoms. The molecule has 0 spiro atoms. The van der Waals surface area contributed by atoms with Crippen LogP contribution in [-0.4, -0.2) is 12.5 Å². The van der Waals surface area contributed by atoms with Crippen LogP contribution in [0.3, 0.4) is 0 Å². The summed E-state index contributed by atoms with van der Waals surface area (Å²) in [5, 5.41) is 12.0. The minimum Gasteiger partial charge on any atom is -0.494 e. The van der Waals surface area contributed by atoms with Crippen molar-refractivity contribution in [3.8, 4) is 23.1 Å².